The van der Waals surface area contributed by atoms with E-state index in [1.807, 2.05) is 42.5 Å². The largest absolute Gasteiger partial charge is 0.492 e. The molecule has 0 spiro atoms. The van der Waals surface area contributed by atoms with Crippen LogP contribution in [0, 0.1) is 0 Å². The summed E-state index contributed by atoms with van der Waals surface area (Å²) in [5.74, 6) is 0.256. The minimum Gasteiger partial charge on any atom is -0.492 e. The zero-order chi connectivity index (χ0) is 21.0. The topological polar surface area (TPSA) is 66.8 Å². The van der Waals surface area contributed by atoms with Crippen LogP contribution in [-0.2, 0) is 10.2 Å². The highest BCUT2D eigenvalue weighted by Gasteiger charge is 2.47. The van der Waals surface area contributed by atoms with Crippen molar-refractivity contribution in [3.05, 3.63) is 65.7 Å². The van der Waals surface area contributed by atoms with Gasteiger partial charge in [-0.2, -0.15) is 0 Å². The van der Waals surface area contributed by atoms with Gasteiger partial charge < -0.3 is 9.84 Å². The third-order valence-electron chi connectivity index (χ3n) is 6.49. The highest BCUT2D eigenvalue weighted by molar-refractivity contribution is 5.88. The first-order valence-electron chi connectivity index (χ1n) is 10.9. The zero-order valence-corrected chi connectivity index (χ0v) is 18.5. The number of carbonyl (C=O) groups is 2. The standard InChI is InChI=1S/C25H29NO4.ClH/c27-23(18-25(13-14-25)20-11-9-19(10-12-20)24(28)29)22-8-4-5-15-26(22)16-17-30-21-6-2-1-3-7-21;/h1-3,6-7,9-12,22H,4-5,8,13-18H2,(H,28,29);1H/t22-;/m1./s1. The van der Waals surface area contributed by atoms with E-state index in [0.29, 0.717) is 18.8 Å². The Morgan fingerprint density at radius 3 is 2.39 bits per heavy atom. The van der Waals surface area contributed by atoms with Crippen LogP contribution < -0.4 is 4.74 Å². The smallest absolute Gasteiger partial charge is 0.335 e. The summed E-state index contributed by atoms with van der Waals surface area (Å²) in [5, 5.41) is 9.11. The SMILES string of the molecule is Cl.O=C(O)c1ccc(C2(CC(=O)[C@H]3CCCCN3CCOc3ccccc3)CC2)cc1. The number of Topliss-reactive ketones (excluding diaryl/α,β-unsaturated/α-hetero) is 1. The normalized spacial score (nSPS) is 19.8. The van der Waals surface area contributed by atoms with Crippen LogP contribution in [0.1, 0.15) is 54.4 Å². The first kappa shape index (κ1) is 23.3. The molecule has 1 saturated carbocycles. The Balaban J connectivity index is 0.00000272. The number of ether oxygens (including phenoxy) is 1. The second-order valence-corrected chi connectivity index (χ2v) is 8.51. The van der Waals surface area contributed by atoms with Crippen LogP contribution in [0.25, 0.3) is 0 Å². The number of halogens is 1. The van der Waals surface area contributed by atoms with E-state index in [1.165, 1.54) is 0 Å². The summed E-state index contributed by atoms with van der Waals surface area (Å²) in [4.78, 5) is 26.7. The molecule has 1 aliphatic carbocycles. The molecule has 2 aromatic carbocycles. The van der Waals surface area contributed by atoms with E-state index in [1.54, 1.807) is 12.1 Å². The maximum absolute atomic E-state index is 13.3. The molecule has 1 heterocycles. The number of hydrogen-bond donors (Lipinski definition) is 1. The molecule has 1 aliphatic heterocycles. The number of ketones is 1. The van der Waals surface area contributed by atoms with Gasteiger partial charge in [0.25, 0.3) is 0 Å². The molecule has 1 saturated heterocycles. The van der Waals surface area contributed by atoms with Crippen molar-refractivity contribution in [2.24, 2.45) is 0 Å². The van der Waals surface area contributed by atoms with E-state index in [2.05, 4.69) is 4.90 Å². The van der Waals surface area contributed by atoms with Gasteiger partial charge in [0.05, 0.1) is 11.6 Å². The lowest BCUT2D eigenvalue weighted by Gasteiger charge is -2.35. The van der Waals surface area contributed by atoms with E-state index in [9.17, 15) is 9.59 Å². The maximum atomic E-state index is 13.3. The summed E-state index contributed by atoms with van der Waals surface area (Å²) in [6.07, 6.45) is 5.66. The number of likely N-dealkylation sites (tertiary alicyclic amines) is 1. The average molecular weight is 444 g/mol. The molecule has 2 aliphatic rings. The molecule has 1 atom stereocenters. The fourth-order valence-corrected chi connectivity index (χ4v) is 4.56. The van der Waals surface area contributed by atoms with Crippen molar-refractivity contribution in [3.63, 3.8) is 0 Å². The molecule has 0 aromatic heterocycles. The van der Waals surface area contributed by atoms with Gasteiger partial charge in [-0.1, -0.05) is 36.8 Å². The van der Waals surface area contributed by atoms with Crippen LogP contribution in [0.5, 0.6) is 5.75 Å². The van der Waals surface area contributed by atoms with Crippen LogP contribution in [-0.4, -0.2) is 47.5 Å². The number of carboxylic acid groups (broad SMARTS) is 1. The number of aromatic carboxylic acids is 1. The van der Waals surface area contributed by atoms with E-state index < -0.39 is 5.97 Å². The van der Waals surface area contributed by atoms with Crippen LogP contribution in [0.4, 0.5) is 0 Å². The van der Waals surface area contributed by atoms with Crippen LogP contribution in [0.15, 0.2) is 54.6 Å². The Kier molecular flexibility index (Phi) is 7.74. The second-order valence-electron chi connectivity index (χ2n) is 8.51. The van der Waals surface area contributed by atoms with Gasteiger partial charge in [0.2, 0.25) is 0 Å². The quantitative estimate of drug-likeness (QED) is 0.606. The monoisotopic (exact) mass is 443 g/mol. The lowest BCUT2D eigenvalue weighted by Crippen LogP contribution is -2.47. The molecular formula is C25H30ClNO4. The van der Waals surface area contributed by atoms with Crippen molar-refractivity contribution in [3.8, 4) is 5.75 Å². The Labute approximate surface area is 189 Å². The minimum atomic E-state index is -0.918. The van der Waals surface area contributed by atoms with Gasteiger partial charge in [-0.3, -0.25) is 9.69 Å². The molecule has 1 N–H and O–H groups in total. The van der Waals surface area contributed by atoms with E-state index in [-0.39, 0.29) is 29.4 Å². The molecule has 2 fully saturated rings. The van der Waals surface area contributed by atoms with Crippen molar-refractivity contribution in [2.45, 2.75) is 50.0 Å². The van der Waals surface area contributed by atoms with Gasteiger partial charge in [-0.15, -0.1) is 12.4 Å². The summed E-state index contributed by atoms with van der Waals surface area (Å²) in [6.45, 7) is 2.27. The molecule has 0 radical (unpaired) electrons. The molecular weight excluding hydrogens is 414 g/mol. The van der Waals surface area contributed by atoms with Crippen LogP contribution >= 0.6 is 12.4 Å². The summed E-state index contributed by atoms with van der Waals surface area (Å²) in [7, 11) is 0. The second kappa shape index (κ2) is 10.3. The Morgan fingerprint density at radius 1 is 1.03 bits per heavy atom. The molecule has 0 bridgehead atoms. The summed E-state index contributed by atoms with van der Waals surface area (Å²) >= 11 is 0. The molecule has 0 amide bonds. The first-order chi connectivity index (χ1) is 14.6. The van der Waals surface area contributed by atoms with Gasteiger partial charge in [0.1, 0.15) is 12.4 Å². The number of carbonyl (C=O) groups excluding carboxylic acids is 1. The Bertz CT molecular complexity index is 880. The Morgan fingerprint density at radius 2 is 1.74 bits per heavy atom. The predicted octanol–water partition coefficient (Wildman–Crippen LogP) is 4.73. The minimum absolute atomic E-state index is 0. The number of hydrogen-bond acceptors (Lipinski definition) is 4. The van der Waals surface area contributed by atoms with Gasteiger partial charge in [0, 0.05) is 18.4 Å². The highest BCUT2D eigenvalue weighted by Crippen LogP contribution is 2.51. The fraction of sp³-hybridized carbons (Fsp3) is 0.440. The molecule has 5 nitrogen and oxygen atoms in total. The third kappa shape index (κ3) is 5.66. The lowest BCUT2D eigenvalue weighted by molar-refractivity contribution is -0.126. The van der Waals surface area contributed by atoms with Crippen molar-refractivity contribution in [1.82, 2.24) is 4.90 Å². The number of carboxylic acids is 1. The van der Waals surface area contributed by atoms with E-state index >= 15 is 0 Å². The van der Waals surface area contributed by atoms with E-state index in [0.717, 1.165) is 56.5 Å². The zero-order valence-electron chi connectivity index (χ0n) is 17.7. The molecule has 31 heavy (non-hydrogen) atoms. The van der Waals surface area contributed by atoms with Gasteiger partial charge in [-0.05, 0) is 62.1 Å². The number of piperidine rings is 1. The lowest BCUT2D eigenvalue weighted by atomic mass is 9.86. The van der Waals surface area contributed by atoms with Crippen molar-refractivity contribution in [1.29, 1.82) is 0 Å². The molecule has 0 unspecified atom stereocenters. The molecule has 166 valence electrons. The van der Waals surface area contributed by atoms with Crippen molar-refractivity contribution < 1.29 is 19.4 Å². The van der Waals surface area contributed by atoms with E-state index in [4.69, 9.17) is 9.84 Å². The van der Waals surface area contributed by atoms with Crippen LogP contribution in [0.3, 0.4) is 0 Å². The third-order valence-corrected chi connectivity index (χ3v) is 6.49. The number of para-hydroxylation sites is 1. The number of benzene rings is 2. The maximum Gasteiger partial charge on any atom is 0.335 e. The molecule has 6 heteroatoms. The average Bonchev–Trinajstić information content (AvgIpc) is 3.55. The molecule has 2 aromatic rings. The summed E-state index contributed by atoms with van der Waals surface area (Å²) in [5.41, 5.74) is 1.28. The van der Waals surface area contributed by atoms with Gasteiger partial charge >= 0.3 is 5.97 Å². The number of rotatable bonds is 9. The predicted molar refractivity (Wildman–Crippen MR) is 122 cm³/mol. The summed E-state index contributed by atoms with van der Waals surface area (Å²) in [6, 6.07) is 16.8. The molecule has 4 rings (SSSR count). The van der Waals surface area contributed by atoms with Crippen molar-refractivity contribution in [2.75, 3.05) is 19.7 Å². The number of nitrogens with zero attached hydrogens (tertiary/aromatic N) is 1. The Hall–Kier alpha value is -2.37. The highest BCUT2D eigenvalue weighted by atomic mass is 35.5. The van der Waals surface area contributed by atoms with Gasteiger partial charge in [-0.25, -0.2) is 4.79 Å². The summed E-state index contributed by atoms with van der Waals surface area (Å²) < 4.78 is 5.85. The fourth-order valence-electron chi connectivity index (χ4n) is 4.56. The first-order valence-corrected chi connectivity index (χ1v) is 10.9. The van der Waals surface area contributed by atoms with Gasteiger partial charge in [0.15, 0.2) is 5.78 Å². The van der Waals surface area contributed by atoms with Crippen LogP contribution in [0.2, 0.25) is 0 Å². The van der Waals surface area contributed by atoms with Crippen molar-refractivity contribution >= 4 is 24.2 Å².